The predicted octanol–water partition coefficient (Wildman–Crippen LogP) is 1.33. The molecule has 1 heterocycles. The second kappa shape index (κ2) is 14.1. The molecule has 0 aliphatic carbocycles. The molecular weight excluding hydrogens is 478 g/mol. The van der Waals surface area contributed by atoms with Gasteiger partial charge in [-0.25, -0.2) is 4.98 Å². The molecule has 2 rings (SSSR count). The number of nitrogens with zero attached hydrogens (tertiary/aromatic N) is 3. The molecule has 37 heavy (non-hydrogen) atoms. The summed E-state index contributed by atoms with van der Waals surface area (Å²) in [7, 11) is 0. The van der Waals surface area contributed by atoms with Crippen molar-refractivity contribution >= 4 is 29.0 Å². The molecule has 0 bridgehead atoms. The highest BCUT2D eigenvalue weighted by atomic mass is 16.4. The van der Waals surface area contributed by atoms with Crippen LogP contribution < -0.4 is 21.5 Å². The molecule has 0 aliphatic heterocycles. The molecule has 200 valence electrons. The van der Waals surface area contributed by atoms with Crippen LogP contribution in [0.4, 0.5) is 5.82 Å². The van der Waals surface area contributed by atoms with Crippen molar-refractivity contribution in [1.29, 1.82) is 5.41 Å². The highest BCUT2D eigenvalue weighted by Crippen LogP contribution is 2.15. The Morgan fingerprint density at radius 1 is 1.22 bits per heavy atom. The maximum Gasteiger partial charge on any atom is 0.305 e. The number of aliphatic hydroxyl groups excluding tert-OH is 1. The van der Waals surface area contributed by atoms with E-state index in [2.05, 4.69) is 20.9 Å². The standard InChI is InChI=1S/C25H34N7O5/c1-4-20(32-11-10-28-23(25(32)37)30-13-18(27)15(2)26)24(36)31-19(12-22(34)35)21(33)14-29-16(3)17-8-6-5-7-9-17/h5-11,16,19-20,24,26,29,31,36H,4,12-14H2,1-3H3,(H,28,30)(H,34,35)/q-1. The van der Waals surface area contributed by atoms with Gasteiger partial charge in [0.05, 0.1) is 25.0 Å². The van der Waals surface area contributed by atoms with Crippen LogP contribution in [0.15, 0.2) is 47.5 Å². The molecule has 0 amide bonds. The van der Waals surface area contributed by atoms with Gasteiger partial charge in [-0.15, -0.1) is 5.71 Å². The van der Waals surface area contributed by atoms with Crippen molar-refractivity contribution in [3.8, 4) is 0 Å². The van der Waals surface area contributed by atoms with Crippen molar-refractivity contribution in [3.63, 3.8) is 0 Å². The smallest absolute Gasteiger partial charge is 0.305 e. The third-order valence-electron chi connectivity index (χ3n) is 5.89. The molecular formula is C25H34N7O5-. The molecule has 0 fully saturated rings. The Morgan fingerprint density at radius 3 is 2.49 bits per heavy atom. The Kier molecular flexibility index (Phi) is 11.2. The number of aliphatic carboxylic acids is 1. The zero-order chi connectivity index (χ0) is 27.5. The van der Waals surface area contributed by atoms with Crippen LogP contribution in [0.5, 0.6) is 0 Å². The first-order chi connectivity index (χ1) is 17.5. The highest BCUT2D eigenvalue weighted by molar-refractivity contribution is 6.42. The molecule has 6 N–H and O–H groups in total. The molecule has 0 spiro atoms. The maximum atomic E-state index is 12.9. The summed E-state index contributed by atoms with van der Waals surface area (Å²) in [6.07, 6.45) is 0.994. The highest BCUT2D eigenvalue weighted by Gasteiger charge is 2.29. The van der Waals surface area contributed by atoms with Gasteiger partial charge in [0, 0.05) is 30.7 Å². The van der Waals surface area contributed by atoms with Gasteiger partial charge < -0.3 is 36.2 Å². The molecule has 1 aromatic carbocycles. The van der Waals surface area contributed by atoms with Gasteiger partial charge in [0.1, 0.15) is 6.23 Å². The molecule has 2 aromatic rings. The number of carboxylic acids is 1. The molecule has 1 aromatic heterocycles. The van der Waals surface area contributed by atoms with Crippen molar-refractivity contribution in [3.05, 3.63) is 64.1 Å². The van der Waals surface area contributed by atoms with E-state index in [-0.39, 0.29) is 42.8 Å². The van der Waals surface area contributed by atoms with E-state index in [1.165, 1.54) is 23.9 Å². The number of aliphatic hydroxyl groups is 1. The van der Waals surface area contributed by atoms with Crippen molar-refractivity contribution in [2.24, 2.45) is 0 Å². The first-order valence-corrected chi connectivity index (χ1v) is 11.9. The Morgan fingerprint density at radius 2 is 1.89 bits per heavy atom. The van der Waals surface area contributed by atoms with Crippen molar-refractivity contribution in [1.82, 2.24) is 20.2 Å². The maximum absolute atomic E-state index is 12.9. The van der Waals surface area contributed by atoms with Crippen molar-refractivity contribution in [2.75, 3.05) is 18.4 Å². The molecule has 4 unspecified atom stereocenters. The Bertz CT molecular complexity index is 1150. The van der Waals surface area contributed by atoms with E-state index in [0.29, 0.717) is 0 Å². The lowest BCUT2D eigenvalue weighted by atomic mass is 10.1. The average Bonchev–Trinajstić information content (AvgIpc) is 2.87. The number of hydrogen-bond donors (Lipinski definition) is 6. The molecule has 4 atom stereocenters. The van der Waals surface area contributed by atoms with Gasteiger partial charge in [0.15, 0.2) is 11.6 Å². The van der Waals surface area contributed by atoms with Crippen LogP contribution in [0.1, 0.15) is 51.3 Å². The van der Waals surface area contributed by atoms with Crippen LogP contribution in [0.2, 0.25) is 0 Å². The topological polar surface area (TPSA) is 192 Å². The number of carbonyl (C=O) groups excluding carboxylic acids is 1. The van der Waals surface area contributed by atoms with Crippen LogP contribution in [0, 0.1) is 5.41 Å². The van der Waals surface area contributed by atoms with E-state index in [4.69, 9.17) is 5.41 Å². The largest absolute Gasteiger partial charge is 0.805 e. The van der Waals surface area contributed by atoms with E-state index in [1.807, 2.05) is 37.3 Å². The first-order valence-electron chi connectivity index (χ1n) is 11.9. The lowest BCUT2D eigenvalue weighted by Crippen LogP contribution is -2.51. The molecule has 0 saturated carbocycles. The summed E-state index contributed by atoms with van der Waals surface area (Å²) < 4.78 is 1.22. The summed E-state index contributed by atoms with van der Waals surface area (Å²) in [4.78, 5) is 41.2. The van der Waals surface area contributed by atoms with E-state index in [1.54, 1.807) is 6.92 Å². The minimum atomic E-state index is -1.43. The number of aromatic nitrogens is 2. The Labute approximate surface area is 215 Å². The average molecular weight is 513 g/mol. The zero-order valence-electron chi connectivity index (χ0n) is 21.1. The van der Waals surface area contributed by atoms with E-state index in [9.17, 15) is 30.0 Å². The normalized spacial score (nSPS) is 14.3. The number of ketones is 1. The second-order valence-corrected chi connectivity index (χ2v) is 8.63. The number of carboxylic acid groups (broad SMARTS) is 1. The summed E-state index contributed by atoms with van der Waals surface area (Å²) in [5.41, 5.74) is 0.0598. The second-order valence-electron chi connectivity index (χ2n) is 8.63. The fourth-order valence-electron chi connectivity index (χ4n) is 3.67. The quantitative estimate of drug-likeness (QED) is 0.142. The third-order valence-corrected chi connectivity index (χ3v) is 5.89. The van der Waals surface area contributed by atoms with Crippen molar-refractivity contribution < 1.29 is 19.8 Å². The van der Waals surface area contributed by atoms with Gasteiger partial charge in [0.25, 0.3) is 5.56 Å². The lowest BCUT2D eigenvalue weighted by molar-refractivity contribution is -0.140. The summed E-state index contributed by atoms with van der Waals surface area (Å²) in [5.74, 6) is -1.76. The molecule has 0 aliphatic rings. The van der Waals surface area contributed by atoms with E-state index in [0.717, 1.165) is 5.56 Å². The molecule has 12 nitrogen and oxygen atoms in total. The van der Waals surface area contributed by atoms with Crippen LogP contribution in [0.25, 0.3) is 5.41 Å². The number of nitrogens with one attached hydrogen (secondary N) is 4. The number of rotatable bonds is 16. The summed E-state index contributed by atoms with van der Waals surface area (Å²) in [6.45, 7) is 4.70. The Balaban J connectivity index is 2.14. The lowest BCUT2D eigenvalue weighted by Gasteiger charge is -2.28. The van der Waals surface area contributed by atoms with E-state index >= 15 is 0 Å². The van der Waals surface area contributed by atoms with Gasteiger partial charge in [-0.2, -0.15) is 0 Å². The summed E-state index contributed by atoms with van der Waals surface area (Å²) in [5, 5.41) is 45.8. The minimum absolute atomic E-state index is 0.0587. The van der Waals surface area contributed by atoms with Crippen LogP contribution in [-0.4, -0.2) is 68.3 Å². The fourth-order valence-corrected chi connectivity index (χ4v) is 3.67. The van der Waals surface area contributed by atoms with Gasteiger partial charge in [-0.05, 0) is 25.8 Å². The van der Waals surface area contributed by atoms with Crippen LogP contribution in [0.3, 0.4) is 0 Å². The number of hydrogen-bond acceptors (Lipinski definition) is 9. The van der Waals surface area contributed by atoms with Gasteiger partial charge in [-0.1, -0.05) is 37.3 Å². The molecule has 0 radical (unpaired) electrons. The number of benzene rings is 1. The minimum Gasteiger partial charge on any atom is -0.805 e. The van der Waals surface area contributed by atoms with Gasteiger partial charge >= 0.3 is 5.97 Å². The van der Waals surface area contributed by atoms with E-state index < -0.39 is 42.0 Å². The predicted molar refractivity (Wildman–Crippen MR) is 141 cm³/mol. The SMILES string of the molecule is CCC(C(O)NC(CC(=O)O)C(=O)CNC(C)c1ccccc1)n1ccnc(NCC(=[N-])C(C)=N)c1=O. The van der Waals surface area contributed by atoms with Gasteiger partial charge in [-0.3, -0.25) is 19.7 Å². The monoisotopic (exact) mass is 512 g/mol. The van der Waals surface area contributed by atoms with Crippen LogP contribution >= 0.6 is 0 Å². The number of carbonyl (C=O) groups is 2. The first kappa shape index (κ1) is 29.5. The Hall–Kier alpha value is -3.74. The van der Waals surface area contributed by atoms with Gasteiger partial charge in [0.2, 0.25) is 0 Å². The van der Waals surface area contributed by atoms with Crippen LogP contribution in [-0.2, 0) is 9.59 Å². The molecule has 0 saturated heterocycles. The fraction of sp³-hybridized carbons (Fsp3) is 0.440. The van der Waals surface area contributed by atoms with Crippen molar-refractivity contribution in [2.45, 2.75) is 58.0 Å². The number of anilines is 1. The third kappa shape index (κ3) is 8.70. The summed E-state index contributed by atoms with van der Waals surface area (Å²) >= 11 is 0. The zero-order valence-corrected chi connectivity index (χ0v) is 21.1. The molecule has 12 heteroatoms. The summed E-state index contributed by atoms with van der Waals surface area (Å²) in [6, 6.07) is 7.25. The number of Topliss-reactive ketones (excluding diaryl/α,β-unsaturated/α-hetero) is 1.